The van der Waals surface area contributed by atoms with Crippen molar-refractivity contribution >= 4 is 17.9 Å². The summed E-state index contributed by atoms with van der Waals surface area (Å²) < 4.78 is 24.7. The molecule has 1 spiro atoms. The zero-order valence-corrected chi connectivity index (χ0v) is 22.1. The molecule has 0 radical (unpaired) electrons. The van der Waals surface area contributed by atoms with Crippen LogP contribution in [0.15, 0.2) is 42.5 Å². The van der Waals surface area contributed by atoms with Gasteiger partial charge in [0.05, 0.1) is 38.2 Å². The van der Waals surface area contributed by atoms with Gasteiger partial charge in [0.15, 0.2) is 5.60 Å². The molecule has 0 aromatic heterocycles. The van der Waals surface area contributed by atoms with Crippen LogP contribution >= 0.6 is 0 Å². The molecule has 2 atom stereocenters. The van der Waals surface area contributed by atoms with E-state index in [0.717, 1.165) is 47.8 Å². The number of ether oxygens (including phenoxy) is 4. The van der Waals surface area contributed by atoms with Crippen molar-refractivity contribution in [3.63, 3.8) is 0 Å². The van der Waals surface area contributed by atoms with Crippen molar-refractivity contribution in [3.05, 3.63) is 59.2 Å². The lowest BCUT2D eigenvalue weighted by Crippen LogP contribution is -2.42. The summed E-state index contributed by atoms with van der Waals surface area (Å²) in [6.07, 6.45) is 0.294. The predicted octanol–water partition coefficient (Wildman–Crippen LogP) is 2.05. The van der Waals surface area contributed by atoms with Crippen molar-refractivity contribution < 1.29 is 53.8 Å². The van der Waals surface area contributed by atoms with Crippen LogP contribution in [0.4, 0.5) is 0 Å². The first kappa shape index (κ1) is 29.3. The number of carboxylic acids is 3. The van der Waals surface area contributed by atoms with Crippen molar-refractivity contribution in [2.75, 3.05) is 33.4 Å². The second kappa shape index (κ2) is 12.2. The molecule has 0 aliphatic carbocycles. The number of rotatable bonds is 8. The smallest absolute Gasteiger partial charge is 0.336 e. The Kier molecular flexibility index (Phi) is 8.94. The molecule has 0 saturated carbocycles. The molecule has 3 aliphatic rings. The maximum Gasteiger partial charge on any atom is 0.336 e. The minimum Gasteiger partial charge on any atom is -0.497 e. The normalized spacial score (nSPS) is 21.8. The van der Waals surface area contributed by atoms with E-state index in [9.17, 15) is 14.4 Å². The van der Waals surface area contributed by atoms with Crippen molar-refractivity contribution in [1.29, 1.82) is 0 Å². The van der Waals surface area contributed by atoms with Crippen LogP contribution in [0.25, 0.3) is 0 Å². The standard InChI is InChI=1S/C22H25NO4.C6H8O7/c1-24-17-8-9-21-20(12-17)22(19-7-3-2-6-16(19)14-25-21)26-15-18(27-22)13-23-10-4-5-11-23;7-3(8)1-6(13,5(11)12)2-4(9)10/h2-3,6-9,12,18H,4-5,10-11,13-15H2,1H3;13H,1-2H2,(H,7,8)(H,9,10)(H,11,12). The van der Waals surface area contributed by atoms with Crippen LogP contribution in [0.5, 0.6) is 11.5 Å². The molecule has 5 rings (SSSR count). The van der Waals surface area contributed by atoms with Gasteiger partial charge in [0.25, 0.3) is 0 Å². The maximum absolute atomic E-state index is 10.3. The van der Waals surface area contributed by atoms with Crippen molar-refractivity contribution in [3.8, 4) is 11.5 Å². The average Bonchev–Trinajstić information content (AvgIpc) is 3.55. The van der Waals surface area contributed by atoms with Crippen molar-refractivity contribution in [1.82, 2.24) is 4.90 Å². The van der Waals surface area contributed by atoms with E-state index in [0.29, 0.717) is 13.2 Å². The highest BCUT2D eigenvalue weighted by Gasteiger charge is 2.49. The zero-order valence-electron chi connectivity index (χ0n) is 22.1. The number of carbonyl (C=O) groups is 3. The number of nitrogens with zero attached hydrogens (tertiary/aromatic N) is 1. The van der Waals surface area contributed by atoms with Crippen molar-refractivity contribution in [2.24, 2.45) is 0 Å². The van der Waals surface area contributed by atoms with Gasteiger partial charge in [0, 0.05) is 12.1 Å². The highest BCUT2D eigenvalue weighted by Crippen LogP contribution is 2.48. The van der Waals surface area contributed by atoms with E-state index in [2.05, 4.69) is 17.0 Å². The molecule has 0 bridgehead atoms. The molecular formula is C28H33NO11. The summed E-state index contributed by atoms with van der Waals surface area (Å²) >= 11 is 0. The summed E-state index contributed by atoms with van der Waals surface area (Å²) in [4.78, 5) is 33.0. The van der Waals surface area contributed by atoms with Gasteiger partial charge in [-0.1, -0.05) is 24.3 Å². The highest BCUT2D eigenvalue weighted by molar-refractivity contribution is 5.88. The van der Waals surface area contributed by atoms with Crippen LogP contribution in [0.2, 0.25) is 0 Å². The second-order valence-electron chi connectivity index (χ2n) is 9.96. The Morgan fingerprint density at radius 3 is 2.33 bits per heavy atom. The van der Waals surface area contributed by atoms with Gasteiger partial charge in [-0.25, -0.2) is 4.79 Å². The number of aliphatic hydroxyl groups is 1. The fourth-order valence-corrected chi connectivity index (χ4v) is 5.14. The first-order valence-corrected chi connectivity index (χ1v) is 12.9. The number of hydrogen-bond acceptors (Lipinski definition) is 9. The number of aliphatic carboxylic acids is 3. The Hall–Kier alpha value is -3.71. The third-order valence-corrected chi connectivity index (χ3v) is 7.05. The molecule has 2 aromatic carbocycles. The Labute approximate surface area is 230 Å². The lowest BCUT2D eigenvalue weighted by molar-refractivity contribution is -0.170. The Bertz CT molecular complexity index is 1230. The third kappa shape index (κ3) is 6.36. The average molecular weight is 560 g/mol. The van der Waals surface area contributed by atoms with Gasteiger partial charge >= 0.3 is 17.9 Å². The van der Waals surface area contributed by atoms with Crippen LogP contribution in [-0.2, 0) is 36.3 Å². The molecule has 2 unspecified atom stereocenters. The molecule has 3 heterocycles. The molecule has 4 N–H and O–H groups in total. The minimum atomic E-state index is -2.74. The quantitative estimate of drug-likeness (QED) is 0.371. The second-order valence-corrected chi connectivity index (χ2v) is 9.96. The zero-order chi connectivity index (χ0) is 28.9. The van der Waals surface area contributed by atoms with Crippen molar-refractivity contribution in [2.45, 2.75) is 49.8 Å². The van der Waals surface area contributed by atoms with E-state index in [-0.39, 0.29) is 6.10 Å². The molecule has 40 heavy (non-hydrogen) atoms. The van der Waals surface area contributed by atoms with E-state index < -0.39 is 42.1 Å². The van der Waals surface area contributed by atoms with E-state index in [1.165, 1.54) is 12.8 Å². The molecule has 2 fully saturated rings. The first-order chi connectivity index (χ1) is 19.1. The lowest BCUT2D eigenvalue weighted by atomic mass is 9.93. The predicted molar refractivity (Wildman–Crippen MR) is 138 cm³/mol. The number of carboxylic acid groups (broad SMARTS) is 3. The number of hydrogen-bond donors (Lipinski definition) is 4. The van der Waals surface area contributed by atoms with Gasteiger partial charge in [-0.15, -0.1) is 0 Å². The van der Waals surface area contributed by atoms with E-state index in [1.807, 2.05) is 30.3 Å². The largest absolute Gasteiger partial charge is 0.497 e. The molecule has 0 amide bonds. The SMILES string of the molecule is COc1ccc2c(c1)C1(OCC(CN3CCCC3)O1)c1ccccc1CO2.O=C(O)CC(O)(CC(=O)O)C(=O)O. The molecular weight excluding hydrogens is 526 g/mol. The topological polar surface area (TPSA) is 172 Å². The summed E-state index contributed by atoms with van der Waals surface area (Å²) in [6, 6.07) is 14.1. The van der Waals surface area contributed by atoms with Gasteiger partial charge in [-0.05, 0) is 49.7 Å². The molecule has 2 saturated heterocycles. The number of methoxy groups -OCH3 is 1. The lowest BCUT2D eigenvalue weighted by Gasteiger charge is -2.30. The molecule has 216 valence electrons. The molecule has 3 aliphatic heterocycles. The number of benzene rings is 2. The van der Waals surface area contributed by atoms with E-state index in [4.69, 9.17) is 39.4 Å². The van der Waals surface area contributed by atoms with Crippen LogP contribution in [0, 0.1) is 0 Å². The molecule has 12 nitrogen and oxygen atoms in total. The van der Waals surface area contributed by atoms with Crippen LogP contribution in [-0.4, -0.2) is 88.3 Å². The van der Waals surface area contributed by atoms with E-state index >= 15 is 0 Å². The van der Waals surface area contributed by atoms with Gasteiger partial charge in [0.1, 0.15) is 18.1 Å². The van der Waals surface area contributed by atoms with Crippen LogP contribution < -0.4 is 9.47 Å². The number of likely N-dealkylation sites (tertiary alicyclic amines) is 1. The summed E-state index contributed by atoms with van der Waals surface area (Å²) in [7, 11) is 1.67. The Balaban J connectivity index is 0.000000243. The van der Waals surface area contributed by atoms with Crippen LogP contribution in [0.3, 0.4) is 0 Å². The Morgan fingerprint density at radius 2 is 1.70 bits per heavy atom. The van der Waals surface area contributed by atoms with Gasteiger partial charge < -0.3 is 44.3 Å². The van der Waals surface area contributed by atoms with Gasteiger partial charge in [-0.2, -0.15) is 0 Å². The summed E-state index contributed by atoms with van der Waals surface area (Å²) in [5, 5.41) is 33.8. The minimum absolute atomic E-state index is 0.0355. The Morgan fingerprint density at radius 1 is 1.02 bits per heavy atom. The molecule has 2 aromatic rings. The fraction of sp³-hybridized carbons (Fsp3) is 0.464. The first-order valence-electron chi connectivity index (χ1n) is 12.9. The fourth-order valence-electron chi connectivity index (χ4n) is 5.14. The summed E-state index contributed by atoms with van der Waals surface area (Å²) in [5.41, 5.74) is 0.267. The summed E-state index contributed by atoms with van der Waals surface area (Å²) in [6.45, 7) is 4.28. The third-order valence-electron chi connectivity index (χ3n) is 7.05. The highest BCUT2D eigenvalue weighted by atomic mass is 16.7. The van der Waals surface area contributed by atoms with Gasteiger partial charge in [0.2, 0.25) is 5.79 Å². The van der Waals surface area contributed by atoms with Gasteiger partial charge in [-0.3, -0.25) is 9.59 Å². The van der Waals surface area contributed by atoms with Crippen LogP contribution in [0.1, 0.15) is 42.4 Å². The molecule has 12 heteroatoms. The van der Waals surface area contributed by atoms with E-state index in [1.54, 1.807) is 7.11 Å². The summed E-state index contributed by atoms with van der Waals surface area (Å²) in [5.74, 6) is -4.41. The maximum atomic E-state index is 10.3. The number of fused-ring (bicyclic) bond motifs is 4. The monoisotopic (exact) mass is 559 g/mol.